The highest BCUT2D eigenvalue weighted by molar-refractivity contribution is 8.00. The molecule has 0 saturated carbocycles. The summed E-state index contributed by atoms with van der Waals surface area (Å²) in [6, 6.07) is 4.65. The lowest BCUT2D eigenvalue weighted by Gasteiger charge is -2.15. The van der Waals surface area contributed by atoms with Gasteiger partial charge < -0.3 is 20.2 Å². The zero-order valence-corrected chi connectivity index (χ0v) is 24.1. The molecule has 2 aromatic heterocycles. The lowest BCUT2D eigenvalue weighted by atomic mass is 10.1. The van der Waals surface area contributed by atoms with Gasteiger partial charge >= 0.3 is 0 Å². The summed E-state index contributed by atoms with van der Waals surface area (Å²) in [4.78, 5) is 20.6. The normalized spacial score (nSPS) is 19.0. The number of anilines is 2. The summed E-state index contributed by atoms with van der Waals surface area (Å²) >= 11 is 1.22. The van der Waals surface area contributed by atoms with E-state index in [1.807, 2.05) is 19.1 Å². The van der Waals surface area contributed by atoms with Gasteiger partial charge in [0.1, 0.15) is 17.3 Å². The quantitative estimate of drug-likeness (QED) is 0.0874. The summed E-state index contributed by atoms with van der Waals surface area (Å²) in [5.74, 6) is 0.522. The van der Waals surface area contributed by atoms with Crippen LogP contribution < -0.4 is 15.4 Å². The highest BCUT2D eigenvalue weighted by Crippen LogP contribution is 2.34. The van der Waals surface area contributed by atoms with Crippen molar-refractivity contribution in [1.29, 1.82) is 0 Å². The number of aromatic nitrogens is 3. The highest BCUT2D eigenvalue weighted by atomic mass is 32.2. The Kier molecular flexibility index (Phi) is 9.45. The topological polar surface area (TPSA) is 107 Å². The number of hydrogen-bond donors (Lipinski definition) is 3. The van der Waals surface area contributed by atoms with Gasteiger partial charge in [0.2, 0.25) is 5.78 Å². The zero-order valence-electron chi connectivity index (χ0n) is 23.3. The average Bonchev–Trinajstić information content (AvgIpc) is 3.53. The molecule has 12 heteroatoms. The van der Waals surface area contributed by atoms with Gasteiger partial charge in [-0.3, -0.25) is 14.1 Å². The first-order valence-corrected chi connectivity index (χ1v) is 14.6. The van der Waals surface area contributed by atoms with Gasteiger partial charge in [-0.25, -0.2) is 9.07 Å². The standard InChI is InChI=1S/C31H30F3N5O3S/c1-19-8-10-22(41-28-7-4-2-3-6-24(28)33)11-9-21(14-19)39-31(35)23(18-36-39)30(40)27-15-20-16-29(42-34)26(17-25(20)37-27)38-43-13-5-12-32/h2-4,6,8-9,11,15-18,37-38H,5,7,10,12-14,35H2,1H3/b19-8-,21-9+,22-11+. The molecule has 2 heterocycles. The van der Waals surface area contributed by atoms with Crippen LogP contribution >= 0.6 is 11.9 Å². The molecule has 43 heavy (non-hydrogen) atoms. The Balaban J connectivity index is 1.40. The number of aromatic amines is 1. The molecule has 0 saturated heterocycles. The molecule has 4 N–H and O–H groups in total. The third-order valence-corrected chi connectivity index (χ3v) is 7.68. The molecule has 2 aliphatic rings. The van der Waals surface area contributed by atoms with E-state index in [1.165, 1.54) is 35.0 Å². The largest absolute Gasteiger partial charge is 0.462 e. The third-order valence-electron chi connectivity index (χ3n) is 6.82. The van der Waals surface area contributed by atoms with Crippen LogP contribution in [0.5, 0.6) is 5.75 Å². The number of H-pyrrole nitrogens is 1. The number of halogens is 3. The van der Waals surface area contributed by atoms with Crippen LogP contribution in [0, 0.1) is 0 Å². The lowest BCUT2D eigenvalue weighted by molar-refractivity contribution is -0.00504. The number of nitrogen functional groups attached to an aromatic ring is 1. The minimum Gasteiger partial charge on any atom is -0.462 e. The fraction of sp³-hybridized carbons (Fsp3) is 0.226. The molecule has 3 aromatic rings. The van der Waals surface area contributed by atoms with Crippen LogP contribution in [0.1, 0.15) is 48.7 Å². The Morgan fingerprint density at radius 1 is 1.23 bits per heavy atom. The smallest absolute Gasteiger partial charge is 0.214 e. The Bertz CT molecular complexity index is 1710. The van der Waals surface area contributed by atoms with E-state index in [0.717, 1.165) is 5.57 Å². The van der Waals surface area contributed by atoms with Crippen LogP contribution in [0.25, 0.3) is 16.6 Å². The van der Waals surface area contributed by atoms with E-state index in [1.54, 1.807) is 36.4 Å². The van der Waals surface area contributed by atoms with E-state index in [4.69, 9.17) is 10.5 Å². The Hall–Kier alpha value is -4.58. The number of nitrogens with zero attached hydrogens (tertiary/aromatic N) is 2. The Morgan fingerprint density at radius 2 is 2.09 bits per heavy atom. The summed E-state index contributed by atoms with van der Waals surface area (Å²) in [5.41, 5.74) is 9.48. The van der Waals surface area contributed by atoms with E-state index in [0.29, 0.717) is 59.5 Å². The second-order valence-corrected chi connectivity index (χ2v) is 10.9. The van der Waals surface area contributed by atoms with Crippen LogP contribution in [0.15, 0.2) is 89.8 Å². The SMILES string of the molecule is C/C1=C/C/C(OC2=C(F)C=CC=CC2)=C\C=C(\n2ncc(C(=O)c3cc4cc(OF)c(NSCCCF)cc4[nH]3)c2N)C1. The number of carbonyl (C=O) groups is 1. The molecular weight excluding hydrogens is 579 g/mol. The Labute approximate surface area is 250 Å². The highest BCUT2D eigenvalue weighted by Gasteiger charge is 2.22. The molecule has 0 spiro atoms. The number of nitrogens with two attached hydrogens (primary N) is 1. The summed E-state index contributed by atoms with van der Waals surface area (Å²) in [6.45, 7) is 1.51. The molecule has 224 valence electrons. The van der Waals surface area contributed by atoms with E-state index < -0.39 is 18.3 Å². The first-order chi connectivity index (χ1) is 20.9. The van der Waals surface area contributed by atoms with Crippen LogP contribution in [-0.4, -0.2) is 33.0 Å². The van der Waals surface area contributed by atoms with Crippen molar-refractivity contribution in [3.63, 3.8) is 0 Å². The van der Waals surface area contributed by atoms with Crippen molar-refractivity contribution in [3.05, 3.63) is 101 Å². The zero-order chi connectivity index (χ0) is 30.3. The van der Waals surface area contributed by atoms with Gasteiger partial charge in [0, 0.05) is 46.1 Å². The summed E-state index contributed by atoms with van der Waals surface area (Å²) in [7, 11) is 0. The van der Waals surface area contributed by atoms with Gasteiger partial charge in [-0.15, -0.1) is 0 Å². The van der Waals surface area contributed by atoms with Gasteiger partial charge in [0.25, 0.3) is 0 Å². The number of alkyl halides is 1. The average molecular weight is 610 g/mol. The summed E-state index contributed by atoms with van der Waals surface area (Å²) in [6.07, 6.45) is 15.2. The molecule has 0 radical (unpaired) electrons. The maximum atomic E-state index is 14.4. The molecule has 0 bridgehead atoms. The van der Waals surface area contributed by atoms with Gasteiger partial charge in [0.15, 0.2) is 11.6 Å². The monoisotopic (exact) mass is 609 g/mol. The predicted molar refractivity (Wildman–Crippen MR) is 164 cm³/mol. The number of rotatable bonds is 11. The number of nitrogens with one attached hydrogen (secondary N) is 2. The van der Waals surface area contributed by atoms with Gasteiger partial charge in [0.05, 0.1) is 29.8 Å². The summed E-state index contributed by atoms with van der Waals surface area (Å²) < 4.78 is 50.4. The number of allylic oxidation sites excluding steroid dienone is 10. The second-order valence-electron chi connectivity index (χ2n) is 9.96. The third kappa shape index (κ3) is 6.91. The number of benzene rings is 1. The molecule has 0 amide bonds. The predicted octanol–water partition coefficient (Wildman–Crippen LogP) is 8.04. The fourth-order valence-corrected chi connectivity index (χ4v) is 5.26. The second kappa shape index (κ2) is 13.6. The number of carbonyl (C=O) groups excluding carboxylic acids is 1. The molecule has 8 nitrogen and oxygen atoms in total. The maximum Gasteiger partial charge on any atom is 0.214 e. The molecule has 2 aliphatic carbocycles. The van der Waals surface area contributed by atoms with Crippen LogP contribution in [0.3, 0.4) is 0 Å². The van der Waals surface area contributed by atoms with E-state index in [9.17, 15) is 18.1 Å². The van der Waals surface area contributed by atoms with E-state index in [2.05, 4.69) is 19.7 Å². The van der Waals surface area contributed by atoms with Gasteiger partial charge in [-0.05, 0) is 49.8 Å². The molecule has 0 unspecified atom stereocenters. The molecule has 0 aliphatic heterocycles. The van der Waals surface area contributed by atoms with Gasteiger partial charge in [-0.1, -0.05) is 41.8 Å². The number of hydrogen-bond acceptors (Lipinski definition) is 7. The van der Waals surface area contributed by atoms with Crippen molar-refractivity contribution < 1.29 is 27.8 Å². The van der Waals surface area contributed by atoms with E-state index >= 15 is 0 Å². The minimum atomic E-state index is -0.447. The molecule has 0 atom stereocenters. The molecule has 0 fully saturated rings. The fourth-order valence-electron chi connectivity index (χ4n) is 4.59. The maximum absolute atomic E-state index is 14.4. The number of ether oxygens (including phenoxy) is 1. The first-order valence-electron chi connectivity index (χ1n) is 13.6. The lowest BCUT2D eigenvalue weighted by Crippen LogP contribution is -2.09. The summed E-state index contributed by atoms with van der Waals surface area (Å²) in [5, 5.41) is 4.95. The van der Waals surface area contributed by atoms with Crippen LogP contribution in [-0.2, 0) is 4.74 Å². The number of fused-ring (bicyclic) bond motifs is 1. The van der Waals surface area contributed by atoms with Crippen molar-refractivity contribution in [2.45, 2.75) is 32.6 Å². The minimum absolute atomic E-state index is 0.0624. The molecule has 1 aromatic carbocycles. The Morgan fingerprint density at radius 3 is 2.91 bits per heavy atom. The van der Waals surface area contributed by atoms with Crippen LogP contribution in [0.2, 0.25) is 0 Å². The molecule has 5 rings (SSSR count). The van der Waals surface area contributed by atoms with E-state index in [-0.39, 0.29) is 28.6 Å². The van der Waals surface area contributed by atoms with Crippen molar-refractivity contribution in [3.8, 4) is 5.75 Å². The van der Waals surface area contributed by atoms with Gasteiger partial charge in [-0.2, -0.15) is 5.10 Å². The first kappa shape index (κ1) is 29.9. The van der Waals surface area contributed by atoms with Crippen molar-refractivity contribution in [2.24, 2.45) is 0 Å². The number of ketones is 1. The van der Waals surface area contributed by atoms with Crippen LogP contribution in [0.4, 0.5) is 24.8 Å². The molecular formula is C31H30F3N5O3S. The van der Waals surface area contributed by atoms with Crippen molar-refractivity contribution in [1.82, 2.24) is 14.8 Å². The van der Waals surface area contributed by atoms with Crippen molar-refractivity contribution in [2.75, 3.05) is 22.9 Å². The van der Waals surface area contributed by atoms with Crippen molar-refractivity contribution >= 4 is 45.8 Å².